The summed E-state index contributed by atoms with van der Waals surface area (Å²) in [4.78, 5) is 12.2. The number of nitrogens with zero attached hydrogens (tertiary/aromatic N) is 2. The van der Waals surface area contributed by atoms with Crippen LogP contribution in [0.2, 0.25) is 0 Å². The second-order valence-corrected chi connectivity index (χ2v) is 6.99. The predicted molar refractivity (Wildman–Crippen MR) is 112 cm³/mol. The summed E-state index contributed by atoms with van der Waals surface area (Å²) in [5, 5.41) is 10.8. The molecule has 1 N–H and O–H groups in total. The number of carbonyl (C=O) groups excluding carboxylic acids is 1. The molecule has 0 aliphatic heterocycles. The number of halogens is 1. The van der Waals surface area contributed by atoms with Gasteiger partial charge in [-0.05, 0) is 74.4 Å². The molecule has 0 aliphatic carbocycles. The summed E-state index contributed by atoms with van der Waals surface area (Å²) < 4.78 is 24.2. The van der Waals surface area contributed by atoms with Gasteiger partial charge in [0.05, 0.1) is 12.2 Å². The SMILES string of the molecule is Cc1cc(C)cc(OC(C)C(=O)NCCOc2ccc(-c3ccc(F)cc3)nn2)c1. The fourth-order valence-corrected chi connectivity index (χ4v) is 2.90. The van der Waals surface area contributed by atoms with Gasteiger partial charge in [0, 0.05) is 11.6 Å². The van der Waals surface area contributed by atoms with E-state index in [9.17, 15) is 9.18 Å². The Bertz CT molecular complexity index is 971. The van der Waals surface area contributed by atoms with Gasteiger partial charge in [0.25, 0.3) is 5.91 Å². The first-order valence-electron chi connectivity index (χ1n) is 9.66. The number of benzene rings is 2. The number of hydrogen-bond donors (Lipinski definition) is 1. The highest BCUT2D eigenvalue weighted by Gasteiger charge is 2.14. The molecule has 0 fully saturated rings. The summed E-state index contributed by atoms with van der Waals surface area (Å²) in [6, 6.07) is 15.3. The van der Waals surface area contributed by atoms with Crippen LogP contribution in [-0.2, 0) is 4.79 Å². The number of nitrogens with one attached hydrogen (secondary N) is 1. The van der Waals surface area contributed by atoms with Crippen molar-refractivity contribution in [1.82, 2.24) is 15.5 Å². The third-order valence-corrected chi connectivity index (χ3v) is 4.31. The number of aromatic nitrogens is 2. The van der Waals surface area contributed by atoms with Crippen molar-refractivity contribution in [2.45, 2.75) is 26.9 Å². The second kappa shape index (κ2) is 9.82. The highest BCUT2D eigenvalue weighted by molar-refractivity contribution is 5.80. The van der Waals surface area contributed by atoms with Crippen LogP contribution >= 0.6 is 0 Å². The Morgan fingerprint density at radius 2 is 1.73 bits per heavy atom. The van der Waals surface area contributed by atoms with Crippen LogP contribution in [0.4, 0.5) is 4.39 Å². The molecule has 1 aromatic heterocycles. The van der Waals surface area contributed by atoms with E-state index in [0.717, 1.165) is 16.7 Å². The van der Waals surface area contributed by atoms with Crippen LogP contribution in [0, 0.1) is 19.7 Å². The number of aryl methyl sites for hydroxylation is 2. The molecular weight excluding hydrogens is 385 g/mol. The number of rotatable bonds is 8. The van der Waals surface area contributed by atoms with Gasteiger partial charge in [-0.2, -0.15) is 0 Å². The van der Waals surface area contributed by atoms with E-state index in [0.29, 0.717) is 23.9 Å². The van der Waals surface area contributed by atoms with E-state index in [4.69, 9.17) is 9.47 Å². The zero-order valence-electron chi connectivity index (χ0n) is 17.2. The average molecular weight is 409 g/mol. The van der Waals surface area contributed by atoms with Gasteiger partial charge in [-0.25, -0.2) is 4.39 Å². The minimum Gasteiger partial charge on any atom is -0.481 e. The van der Waals surface area contributed by atoms with Crippen LogP contribution in [-0.4, -0.2) is 35.4 Å². The van der Waals surface area contributed by atoms with Crippen LogP contribution in [0.25, 0.3) is 11.3 Å². The number of amides is 1. The standard InChI is InChI=1S/C23H24FN3O3/c1-15-12-16(2)14-20(13-15)30-17(3)23(28)25-10-11-29-22-9-8-21(26-27-22)18-4-6-19(24)7-5-18/h4-9,12-14,17H,10-11H2,1-3H3,(H,25,28). The Balaban J connectivity index is 1.42. The van der Waals surface area contributed by atoms with Crippen molar-refractivity contribution in [2.24, 2.45) is 0 Å². The molecule has 3 rings (SSSR count). The molecule has 1 atom stereocenters. The maximum Gasteiger partial charge on any atom is 0.260 e. The van der Waals surface area contributed by atoms with Crippen molar-refractivity contribution in [3.8, 4) is 22.9 Å². The molecule has 0 saturated carbocycles. The van der Waals surface area contributed by atoms with Gasteiger partial charge >= 0.3 is 0 Å². The summed E-state index contributed by atoms with van der Waals surface area (Å²) in [6.45, 7) is 6.22. The molecule has 0 spiro atoms. The number of carbonyl (C=O) groups is 1. The maximum absolute atomic E-state index is 13.0. The van der Waals surface area contributed by atoms with Gasteiger partial charge in [-0.1, -0.05) is 6.07 Å². The van der Waals surface area contributed by atoms with Crippen molar-refractivity contribution >= 4 is 5.91 Å². The second-order valence-electron chi connectivity index (χ2n) is 6.99. The number of ether oxygens (including phenoxy) is 2. The molecule has 0 aliphatic rings. The lowest BCUT2D eigenvalue weighted by molar-refractivity contribution is -0.127. The van der Waals surface area contributed by atoms with Gasteiger partial charge < -0.3 is 14.8 Å². The van der Waals surface area contributed by atoms with Gasteiger partial charge in [-0.15, -0.1) is 10.2 Å². The Hall–Kier alpha value is -3.48. The summed E-state index contributed by atoms with van der Waals surface area (Å²) in [5.74, 6) is 0.482. The Morgan fingerprint density at radius 3 is 2.37 bits per heavy atom. The molecule has 1 unspecified atom stereocenters. The highest BCUT2D eigenvalue weighted by Crippen LogP contribution is 2.19. The lowest BCUT2D eigenvalue weighted by Crippen LogP contribution is -2.38. The summed E-state index contributed by atoms with van der Waals surface area (Å²) >= 11 is 0. The van der Waals surface area contributed by atoms with Crippen LogP contribution in [0.5, 0.6) is 11.6 Å². The molecule has 3 aromatic rings. The molecule has 156 valence electrons. The third kappa shape index (κ3) is 6.01. The van der Waals surface area contributed by atoms with E-state index in [1.54, 1.807) is 31.2 Å². The fourth-order valence-electron chi connectivity index (χ4n) is 2.90. The van der Waals surface area contributed by atoms with Crippen molar-refractivity contribution in [3.05, 3.63) is 71.5 Å². The smallest absolute Gasteiger partial charge is 0.260 e. The average Bonchev–Trinajstić information content (AvgIpc) is 2.71. The normalized spacial score (nSPS) is 11.6. The molecular formula is C23H24FN3O3. The zero-order valence-corrected chi connectivity index (χ0v) is 17.2. The van der Waals surface area contributed by atoms with Crippen molar-refractivity contribution in [1.29, 1.82) is 0 Å². The van der Waals surface area contributed by atoms with Gasteiger partial charge in [0.15, 0.2) is 6.10 Å². The molecule has 0 bridgehead atoms. The van der Waals surface area contributed by atoms with Gasteiger partial charge in [-0.3, -0.25) is 4.79 Å². The van der Waals surface area contributed by atoms with E-state index in [-0.39, 0.29) is 18.3 Å². The summed E-state index contributed by atoms with van der Waals surface area (Å²) in [5.41, 5.74) is 3.55. The Kier molecular flexibility index (Phi) is 6.95. The fraction of sp³-hybridized carbons (Fsp3) is 0.261. The van der Waals surface area contributed by atoms with Gasteiger partial charge in [0.2, 0.25) is 5.88 Å². The monoisotopic (exact) mass is 409 g/mol. The topological polar surface area (TPSA) is 73.3 Å². The Labute approximate surface area is 175 Å². The first-order valence-corrected chi connectivity index (χ1v) is 9.66. The van der Waals surface area contributed by atoms with Crippen LogP contribution < -0.4 is 14.8 Å². The lowest BCUT2D eigenvalue weighted by atomic mass is 10.1. The Morgan fingerprint density at radius 1 is 1.03 bits per heavy atom. The lowest BCUT2D eigenvalue weighted by Gasteiger charge is -2.15. The van der Waals surface area contributed by atoms with Crippen molar-refractivity contribution < 1.29 is 18.7 Å². The third-order valence-electron chi connectivity index (χ3n) is 4.31. The predicted octanol–water partition coefficient (Wildman–Crippen LogP) is 3.86. The molecule has 0 radical (unpaired) electrons. The van der Waals surface area contributed by atoms with Crippen molar-refractivity contribution in [3.63, 3.8) is 0 Å². The molecule has 1 amide bonds. The summed E-state index contributed by atoms with van der Waals surface area (Å²) in [6.07, 6.45) is -0.624. The highest BCUT2D eigenvalue weighted by atomic mass is 19.1. The van der Waals surface area contributed by atoms with Crippen LogP contribution in [0.15, 0.2) is 54.6 Å². The first kappa shape index (κ1) is 21.2. The minimum absolute atomic E-state index is 0.226. The molecule has 7 heteroatoms. The molecule has 0 saturated heterocycles. The largest absolute Gasteiger partial charge is 0.481 e. The molecule has 6 nitrogen and oxygen atoms in total. The van der Waals surface area contributed by atoms with E-state index < -0.39 is 6.10 Å². The zero-order chi connectivity index (χ0) is 21.5. The van der Waals surface area contributed by atoms with E-state index in [2.05, 4.69) is 15.5 Å². The van der Waals surface area contributed by atoms with Crippen LogP contribution in [0.1, 0.15) is 18.1 Å². The van der Waals surface area contributed by atoms with Crippen molar-refractivity contribution in [2.75, 3.05) is 13.2 Å². The molecule has 2 aromatic carbocycles. The number of hydrogen-bond acceptors (Lipinski definition) is 5. The minimum atomic E-state index is -0.624. The van der Waals surface area contributed by atoms with E-state index >= 15 is 0 Å². The van der Waals surface area contributed by atoms with Crippen LogP contribution in [0.3, 0.4) is 0 Å². The van der Waals surface area contributed by atoms with E-state index in [1.165, 1.54) is 12.1 Å². The van der Waals surface area contributed by atoms with E-state index in [1.807, 2.05) is 32.0 Å². The maximum atomic E-state index is 13.0. The first-order chi connectivity index (χ1) is 14.4. The van der Waals surface area contributed by atoms with Gasteiger partial charge in [0.1, 0.15) is 18.2 Å². The molecule has 1 heterocycles. The molecule has 30 heavy (non-hydrogen) atoms. The summed E-state index contributed by atoms with van der Waals surface area (Å²) in [7, 11) is 0. The quantitative estimate of drug-likeness (QED) is 0.572.